The van der Waals surface area contributed by atoms with E-state index in [1.807, 2.05) is 0 Å². The minimum atomic E-state index is -1.50. The molecule has 3 nitrogen and oxygen atoms in total. The topological polar surface area (TPSA) is 63.3 Å². The monoisotopic (exact) mass is 211 g/mol. The molecule has 0 fully saturated rings. The Hall–Kier alpha value is -1.06. The third-order valence-corrected chi connectivity index (χ3v) is 2.91. The van der Waals surface area contributed by atoms with Gasteiger partial charge in [-0.2, -0.15) is 0 Å². The molecule has 0 bridgehead atoms. The largest absolute Gasteiger partial charge is 0.375 e. The van der Waals surface area contributed by atoms with E-state index in [1.165, 1.54) is 0 Å². The van der Waals surface area contributed by atoms with Crippen molar-refractivity contribution < 1.29 is 9.90 Å². The maximum absolute atomic E-state index is 11.1. The lowest BCUT2D eigenvalue weighted by molar-refractivity contribution is -0.137. The fraction of sp³-hybridized carbons (Fsp3) is 0.300. The number of primary amides is 1. The molecule has 74 valence electrons. The normalized spacial score (nSPS) is 24.7. The zero-order valence-corrected chi connectivity index (χ0v) is 8.21. The molecular formula is C10H10ClNO2. The molecule has 0 aliphatic heterocycles. The van der Waals surface area contributed by atoms with Gasteiger partial charge in [-0.25, -0.2) is 0 Å². The summed E-state index contributed by atoms with van der Waals surface area (Å²) >= 11 is 5.80. The molecule has 0 radical (unpaired) electrons. The number of aliphatic hydroxyl groups is 1. The van der Waals surface area contributed by atoms with Crippen molar-refractivity contribution in [3.8, 4) is 0 Å². The van der Waals surface area contributed by atoms with Gasteiger partial charge in [-0.05, 0) is 36.1 Å². The van der Waals surface area contributed by atoms with E-state index in [9.17, 15) is 9.90 Å². The predicted octanol–water partition coefficient (Wildman–Crippen LogP) is 0.959. The fourth-order valence-electron chi connectivity index (χ4n) is 1.88. The molecule has 1 aromatic rings. The van der Waals surface area contributed by atoms with Crippen LogP contribution < -0.4 is 5.73 Å². The zero-order valence-electron chi connectivity index (χ0n) is 7.46. The number of nitrogens with two attached hydrogens (primary N) is 1. The van der Waals surface area contributed by atoms with Gasteiger partial charge < -0.3 is 10.8 Å². The van der Waals surface area contributed by atoms with Gasteiger partial charge in [0.25, 0.3) is 5.91 Å². The van der Waals surface area contributed by atoms with Crippen LogP contribution in [0.3, 0.4) is 0 Å². The van der Waals surface area contributed by atoms with E-state index >= 15 is 0 Å². The quantitative estimate of drug-likeness (QED) is 0.727. The number of carbonyl (C=O) groups excluding carboxylic acids is 1. The molecule has 1 aromatic carbocycles. The van der Waals surface area contributed by atoms with Crippen molar-refractivity contribution in [1.29, 1.82) is 0 Å². The first-order valence-corrected chi connectivity index (χ1v) is 4.73. The van der Waals surface area contributed by atoms with Crippen LogP contribution in [0.1, 0.15) is 17.5 Å². The summed E-state index contributed by atoms with van der Waals surface area (Å²) in [7, 11) is 0. The third kappa shape index (κ3) is 1.21. The smallest absolute Gasteiger partial charge is 0.254 e. The second kappa shape index (κ2) is 2.97. The van der Waals surface area contributed by atoms with Crippen LogP contribution in [0.25, 0.3) is 0 Å². The third-order valence-electron chi connectivity index (χ3n) is 2.68. The Bertz CT molecular complexity index is 405. The van der Waals surface area contributed by atoms with Crippen LogP contribution >= 0.6 is 11.6 Å². The first-order valence-electron chi connectivity index (χ1n) is 4.35. The fourth-order valence-corrected chi connectivity index (χ4v) is 2.07. The van der Waals surface area contributed by atoms with E-state index in [0.717, 1.165) is 5.56 Å². The number of hydrogen-bond donors (Lipinski definition) is 2. The van der Waals surface area contributed by atoms with E-state index in [1.54, 1.807) is 18.2 Å². The van der Waals surface area contributed by atoms with Gasteiger partial charge >= 0.3 is 0 Å². The van der Waals surface area contributed by atoms with Crippen LogP contribution in [0.4, 0.5) is 0 Å². The van der Waals surface area contributed by atoms with Gasteiger partial charge in [-0.15, -0.1) is 0 Å². The highest BCUT2D eigenvalue weighted by molar-refractivity contribution is 6.30. The molecule has 0 saturated carbocycles. The molecule has 1 aliphatic rings. The standard InChI is InChI=1S/C10H10ClNO2/c11-7-1-2-8-6(5-7)3-4-10(8,14)9(12)13/h1-2,5,14H,3-4H2,(H2,12,13). The molecule has 1 aliphatic carbocycles. The summed E-state index contributed by atoms with van der Waals surface area (Å²) in [6.07, 6.45) is 0.980. The van der Waals surface area contributed by atoms with Crippen LogP contribution in [-0.2, 0) is 16.8 Å². The maximum Gasteiger partial charge on any atom is 0.254 e. The van der Waals surface area contributed by atoms with E-state index in [-0.39, 0.29) is 0 Å². The molecule has 0 spiro atoms. The number of aryl methyl sites for hydroxylation is 1. The van der Waals surface area contributed by atoms with Gasteiger partial charge in [0.15, 0.2) is 5.60 Å². The Kier molecular flexibility index (Phi) is 2.01. The maximum atomic E-state index is 11.1. The van der Waals surface area contributed by atoms with Crippen molar-refractivity contribution in [1.82, 2.24) is 0 Å². The number of carbonyl (C=O) groups is 1. The van der Waals surface area contributed by atoms with Gasteiger partial charge in [0.2, 0.25) is 0 Å². The summed E-state index contributed by atoms with van der Waals surface area (Å²) in [5, 5.41) is 10.6. The molecule has 2 rings (SSSR count). The molecule has 0 saturated heterocycles. The van der Waals surface area contributed by atoms with Gasteiger partial charge in [0.05, 0.1) is 0 Å². The van der Waals surface area contributed by atoms with E-state index in [0.29, 0.717) is 23.4 Å². The summed E-state index contributed by atoms with van der Waals surface area (Å²) in [5.74, 6) is -0.696. The lowest BCUT2D eigenvalue weighted by atomic mass is 9.95. The molecule has 1 atom stereocenters. The molecule has 1 amide bonds. The minimum absolute atomic E-state index is 0.345. The number of benzene rings is 1. The van der Waals surface area contributed by atoms with Crippen molar-refractivity contribution in [2.75, 3.05) is 0 Å². The second-order valence-corrected chi connectivity index (χ2v) is 3.96. The average Bonchev–Trinajstić information content (AvgIpc) is 2.45. The number of fused-ring (bicyclic) bond motifs is 1. The molecule has 0 heterocycles. The first-order chi connectivity index (χ1) is 6.54. The SMILES string of the molecule is NC(=O)C1(O)CCc2cc(Cl)ccc21. The van der Waals surface area contributed by atoms with E-state index < -0.39 is 11.5 Å². The summed E-state index contributed by atoms with van der Waals surface area (Å²) in [4.78, 5) is 11.1. The zero-order chi connectivity index (χ0) is 10.3. The number of amides is 1. The summed E-state index contributed by atoms with van der Waals surface area (Å²) in [5.41, 5.74) is 5.16. The molecule has 3 N–H and O–H groups in total. The van der Waals surface area contributed by atoms with Gasteiger partial charge in [0, 0.05) is 5.02 Å². The van der Waals surface area contributed by atoms with Gasteiger partial charge in [-0.1, -0.05) is 17.7 Å². The van der Waals surface area contributed by atoms with Crippen LogP contribution in [0.5, 0.6) is 0 Å². The number of hydrogen-bond acceptors (Lipinski definition) is 2. The Morgan fingerprint density at radius 3 is 2.93 bits per heavy atom. The molecule has 4 heteroatoms. The van der Waals surface area contributed by atoms with Gasteiger partial charge in [0.1, 0.15) is 0 Å². The van der Waals surface area contributed by atoms with Crippen molar-refractivity contribution in [2.45, 2.75) is 18.4 Å². The van der Waals surface area contributed by atoms with Crippen molar-refractivity contribution in [3.05, 3.63) is 34.3 Å². The Morgan fingerprint density at radius 1 is 1.57 bits per heavy atom. The lowest BCUT2D eigenvalue weighted by Crippen LogP contribution is -2.39. The van der Waals surface area contributed by atoms with Crippen LogP contribution in [0, 0.1) is 0 Å². The predicted molar refractivity (Wildman–Crippen MR) is 52.9 cm³/mol. The number of halogens is 1. The van der Waals surface area contributed by atoms with Crippen molar-refractivity contribution in [2.24, 2.45) is 5.73 Å². The molecular weight excluding hydrogens is 202 g/mol. The van der Waals surface area contributed by atoms with Gasteiger partial charge in [-0.3, -0.25) is 4.79 Å². The lowest BCUT2D eigenvalue weighted by Gasteiger charge is -2.19. The summed E-state index contributed by atoms with van der Waals surface area (Å²) in [6, 6.07) is 5.08. The highest BCUT2D eigenvalue weighted by atomic mass is 35.5. The highest BCUT2D eigenvalue weighted by Crippen LogP contribution is 2.37. The molecule has 1 unspecified atom stereocenters. The molecule has 14 heavy (non-hydrogen) atoms. The Labute approximate surface area is 86.5 Å². The van der Waals surface area contributed by atoms with E-state index in [2.05, 4.69) is 0 Å². The Morgan fingerprint density at radius 2 is 2.29 bits per heavy atom. The summed E-state index contributed by atoms with van der Waals surface area (Å²) < 4.78 is 0. The first kappa shape index (κ1) is 9.49. The highest BCUT2D eigenvalue weighted by Gasteiger charge is 2.41. The van der Waals surface area contributed by atoms with Crippen LogP contribution in [0.2, 0.25) is 5.02 Å². The van der Waals surface area contributed by atoms with E-state index in [4.69, 9.17) is 17.3 Å². The second-order valence-electron chi connectivity index (χ2n) is 3.53. The molecule has 0 aromatic heterocycles. The van der Waals surface area contributed by atoms with Crippen molar-refractivity contribution >= 4 is 17.5 Å². The average molecular weight is 212 g/mol. The van der Waals surface area contributed by atoms with Crippen LogP contribution in [0.15, 0.2) is 18.2 Å². The van der Waals surface area contributed by atoms with Crippen molar-refractivity contribution in [3.63, 3.8) is 0 Å². The summed E-state index contributed by atoms with van der Waals surface area (Å²) in [6.45, 7) is 0. The minimum Gasteiger partial charge on any atom is -0.375 e. The number of rotatable bonds is 1. The van der Waals surface area contributed by atoms with Crippen LogP contribution in [-0.4, -0.2) is 11.0 Å². The Balaban J connectivity index is 2.55.